The maximum atomic E-state index is 4.90. The minimum absolute atomic E-state index is 0.383. The van der Waals surface area contributed by atoms with Gasteiger partial charge in [0.15, 0.2) is 0 Å². The molecule has 0 N–H and O–H groups in total. The van der Waals surface area contributed by atoms with Gasteiger partial charge >= 0.3 is 0 Å². The Bertz CT molecular complexity index is 1190. The molecule has 3 aromatic heterocycles. The van der Waals surface area contributed by atoms with Crippen LogP contribution in [-0.2, 0) is 20.0 Å². The summed E-state index contributed by atoms with van der Waals surface area (Å²) in [6.07, 6.45) is 11.3. The van der Waals surface area contributed by atoms with Gasteiger partial charge in [-0.2, -0.15) is 0 Å². The van der Waals surface area contributed by atoms with Gasteiger partial charge in [-0.15, -0.1) is 0 Å². The second kappa shape index (κ2) is 8.80. The lowest BCUT2D eigenvalue weighted by Crippen LogP contribution is -2.33. The third kappa shape index (κ3) is 3.74. The van der Waals surface area contributed by atoms with E-state index in [1.54, 1.807) is 0 Å². The molecule has 160 valence electrons. The summed E-state index contributed by atoms with van der Waals surface area (Å²) in [7, 11) is 2.18. The monoisotopic (exact) mass is 412 g/mol. The number of fused-ring (bicyclic) bond motifs is 4. The molecule has 0 bridgehead atoms. The number of hydrogen-bond acceptors (Lipinski definition) is 3. The quantitative estimate of drug-likeness (QED) is 0.339. The zero-order valence-electron chi connectivity index (χ0n) is 18.7. The molecule has 1 atom stereocenters. The highest BCUT2D eigenvalue weighted by molar-refractivity contribution is 6.08. The van der Waals surface area contributed by atoms with Crippen molar-refractivity contribution in [2.24, 2.45) is 7.05 Å². The van der Waals surface area contributed by atoms with Crippen LogP contribution in [0.15, 0.2) is 54.9 Å². The molecule has 1 aliphatic rings. The van der Waals surface area contributed by atoms with Crippen LogP contribution >= 0.6 is 0 Å². The van der Waals surface area contributed by atoms with E-state index in [0.29, 0.717) is 6.04 Å². The summed E-state index contributed by atoms with van der Waals surface area (Å²) in [5, 5.41) is 2.62. The topological polar surface area (TPSA) is 34.0 Å². The van der Waals surface area contributed by atoms with Crippen molar-refractivity contribution in [2.75, 3.05) is 6.54 Å². The van der Waals surface area contributed by atoms with Gasteiger partial charge in [-0.05, 0) is 56.0 Å². The third-order valence-electron chi connectivity index (χ3n) is 6.90. The van der Waals surface area contributed by atoms with Crippen LogP contribution in [0, 0.1) is 0 Å². The van der Waals surface area contributed by atoms with Gasteiger partial charge in [0.05, 0.1) is 22.9 Å². The number of benzene rings is 1. The Kier molecular flexibility index (Phi) is 5.73. The number of aromatic nitrogens is 3. The normalized spacial score (nSPS) is 16.3. The fourth-order valence-electron chi connectivity index (χ4n) is 5.36. The Hall–Kier alpha value is -2.72. The standard InChI is InChI=1S/C27H32N4/c1-3-4-7-18-31(25-14-8-10-20-11-9-16-29-26(20)25)19-23-27-22(15-17-28-23)21-12-5-6-13-24(21)30(27)2/h5-6,9,11-13,15-17,25H,3-4,7-8,10,14,18-19H2,1-2H3. The highest BCUT2D eigenvalue weighted by atomic mass is 15.2. The van der Waals surface area contributed by atoms with Crippen LogP contribution < -0.4 is 0 Å². The lowest BCUT2D eigenvalue weighted by molar-refractivity contribution is 0.161. The van der Waals surface area contributed by atoms with Crippen LogP contribution in [0.5, 0.6) is 0 Å². The maximum absolute atomic E-state index is 4.90. The molecule has 0 fully saturated rings. The first-order valence-corrected chi connectivity index (χ1v) is 11.8. The number of hydrogen-bond donors (Lipinski definition) is 0. The first-order valence-electron chi connectivity index (χ1n) is 11.8. The van der Waals surface area contributed by atoms with Crippen LogP contribution in [0.25, 0.3) is 21.8 Å². The average molecular weight is 413 g/mol. The molecule has 4 aromatic rings. The van der Waals surface area contributed by atoms with E-state index in [0.717, 1.165) is 19.5 Å². The first kappa shape index (κ1) is 20.2. The molecule has 4 nitrogen and oxygen atoms in total. The Labute approximate surface area is 184 Å². The summed E-state index contributed by atoms with van der Waals surface area (Å²) in [6.45, 7) is 4.24. The van der Waals surface area contributed by atoms with Crippen LogP contribution in [0.3, 0.4) is 0 Å². The zero-order valence-corrected chi connectivity index (χ0v) is 18.7. The van der Waals surface area contributed by atoms with Gasteiger partial charge in [0, 0.05) is 42.3 Å². The predicted molar refractivity (Wildman–Crippen MR) is 128 cm³/mol. The Balaban J connectivity index is 1.55. The van der Waals surface area contributed by atoms with Gasteiger partial charge in [-0.1, -0.05) is 44.0 Å². The molecule has 31 heavy (non-hydrogen) atoms. The largest absolute Gasteiger partial charge is 0.342 e. The van der Waals surface area contributed by atoms with Gasteiger partial charge in [-0.25, -0.2) is 0 Å². The molecule has 0 radical (unpaired) electrons. The summed E-state index contributed by atoms with van der Waals surface area (Å²) in [4.78, 5) is 12.4. The Morgan fingerprint density at radius 3 is 2.81 bits per heavy atom. The van der Waals surface area contributed by atoms with Crippen LogP contribution in [0.1, 0.15) is 62.0 Å². The van der Waals surface area contributed by atoms with E-state index in [1.807, 2.05) is 12.4 Å². The molecule has 5 rings (SSSR count). The van der Waals surface area contributed by atoms with Crippen molar-refractivity contribution in [1.29, 1.82) is 0 Å². The van der Waals surface area contributed by atoms with Crippen molar-refractivity contribution in [1.82, 2.24) is 19.4 Å². The smallest absolute Gasteiger partial charge is 0.0786 e. The summed E-state index contributed by atoms with van der Waals surface area (Å²) >= 11 is 0. The molecule has 1 aromatic carbocycles. The van der Waals surface area contributed by atoms with Gasteiger partial charge < -0.3 is 4.57 Å². The molecule has 1 unspecified atom stereocenters. The van der Waals surface area contributed by atoms with Crippen LogP contribution in [0.2, 0.25) is 0 Å². The number of aryl methyl sites for hydroxylation is 2. The number of pyridine rings is 2. The van der Waals surface area contributed by atoms with E-state index in [2.05, 4.69) is 65.9 Å². The van der Waals surface area contributed by atoms with Crippen molar-refractivity contribution >= 4 is 21.8 Å². The second-order valence-electron chi connectivity index (χ2n) is 8.86. The van der Waals surface area contributed by atoms with Crippen molar-refractivity contribution in [3.63, 3.8) is 0 Å². The van der Waals surface area contributed by atoms with E-state index < -0.39 is 0 Å². The molecular formula is C27H32N4. The molecule has 0 amide bonds. The predicted octanol–water partition coefficient (Wildman–Crippen LogP) is 6.19. The van der Waals surface area contributed by atoms with Gasteiger partial charge in [0.25, 0.3) is 0 Å². The van der Waals surface area contributed by atoms with Gasteiger partial charge in [0.1, 0.15) is 0 Å². The summed E-state index contributed by atoms with van der Waals surface area (Å²) < 4.78 is 2.32. The fourth-order valence-corrected chi connectivity index (χ4v) is 5.36. The number of rotatable bonds is 7. The lowest BCUT2D eigenvalue weighted by atomic mass is 9.90. The number of para-hydroxylation sites is 1. The zero-order chi connectivity index (χ0) is 21.2. The minimum atomic E-state index is 0.383. The molecule has 0 saturated carbocycles. The molecular weight excluding hydrogens is 380 g/mol. The molecule has 3 heterocycles. The van der Waals surface area contributed by atoms with Gasteiger partial charge in [-0.3, -0.25) is 14.9 Å². The van der Waals surface area contributed by atoms with Crippen molar-refractivity contribution in [2.45, 2.75) is 58.0 Å². The summed E-state index contributed by atoms with van der Waals surface area (Å²) in [6, 6.07) is 15.6. The molecule has 1 aliphatic carbocycles. The Morgan fingerprint density at radius 1 is 1.00 bits per heavy atom. The van der Waals surface area contributed by atoms with E-state index >= 15 is 0 Å². The van der Waals surface area contributed by atoms with E-state index in [4.69, 9.17) is 9.97 Å². The van der Waals surface area contributed by atoms with E-state index in [1.165, 1.54) is 70.9 Å². The SMILES string of the molecule is CCCCCN(Cc1nccc2c3ccccc3n(C)c12)C1CCCc2cccnc21. The first-order chi connectivity index (χ1) is 15.3. The van der Waals surface area contributed by atoms with E-state index in [9.17, 15) is 0 Å². The van der Waals surface area contributed by atoms with Crippen molar-refractivity contribution in [3.8, 4) is 0 Å². The second-order valence-corrected chi connectivity index (χ2v) is 8.86. The van der Waals surface area contributed by atoms with Crippen molar-refractivity contribution in [3.05, 3.63) is 71.8 Å². The minimum Gasteiger partial charge on any atom is -0.342 e. The molecule has 0 spiro atoms. The summed E-state index contributed by atoms with van der Waals surface area (Å²) in [5.41, 5.74) is 6.43. The molecule has 0 saturated heterocycles. The molecule has 4 heteroatoms. The lowest BCUT2D eigenvalue weighted by Gasteiger charge is -2.35. The van der Waals surface area contributed by atoms with E-state index in [-0.39, 0.29) is 0 Å². The van der Waals surface area contributed by atoms with Crippen molar-refractivity contribution < 1.29 is 0 Å². The fraction of sp³-hybridized carbons (Fsp3) is 0.407. The highest BCUT2D eigenvalue weighted by Gasteiger charge is 2.28. The molecule has 0 aliphatic heterocycles. The maximum Gasteiger partial charge on any atom is 0.0786 e. The van der Waals surface area contributed by atoms with Gasteiger partial charge in [0.2, 0.25) is 0 Å². The average Bonchev–Trinajstić information content (AvgIpc) is 3.11. The highest BCUT2D eigenvalue weighted by Crippen LogP contribution is 2.35. The summed E-state index contributed by atoms with van der Waals surface area (Å²) in [5.74, 6) is 0. The Morgan fingerprint density at radius 2 is 1.90 bits per heavy atom. The number of unbranched alkanes of at least 4 members (excludes halogenated alkanes) is 2. The van der Waals surface area contributed by atoms with Crippen LogP contribution in [0.4, 0.5) is 0 Å². The van der Waals surface area contributed by atoms with Crippen LogP contribution in [-0.4, -0.2) is 26.0 Å². The third-order valence-corrected chi connectivity index (χ3v) is 6.90. The number of nitrogens with zero attached hydrogens (tertiary/aromatic N) is 4.